The van der Waals surface area contributed by atoms with Crippen LogP contribution in [0.3, 0.4) is 0 Å². The van der Waals surface area contributed by atoms with Crippen LogP contribution in [0, 0.1) is 13.8 Å². The Balaban J connectivity index is 2.16. The topological polar surface area (TPSA) is 63.4 Å². The monoisotopic (exact) mass is 246 g/mol. The second-order valence-corrected chi connectivity index (χ2v) is 4.86. The van der Waals surface area contributed by atoms with Crippen LogP contribution in [0.1, 0.15) is 35.6 Å². The molecule has 1 unspecified atom stereocenters. The van der Waals surface area contributed by atoms with Gasteiger partial charge in [-0.25, -0.2) is 0 Å². The van der Waals surface area contributed by atoms with Crippen molar-refractivity contribution in [2.45, 2.75) is 32.7 Å². The molecule has 0 aliphatic carbocycles. The summed E-state index contributed by atoms with van der Waals surface area (Å²) in [4.78, 5) is 24.4. The molecule has 0 saturated carbocycles. The zero-order valence-corrected chi connectivity index (χ0v) is 10.8. The molecule has 0 radical (unpaired) electrons. The minimum atomic E-state index is -0.309. The van der Waals surface area contributed by atoms with Gasteiger partial charge in [-0.3, -0.25) is 14.5 Å². The molecule has 1 aliphatic heterocycles. The Bertz CT molecular complexity index is 481. The van der Waals surface area contributed by atoms with Gasteiger partial charge >= 0.3 is 0 Å². The average molecular weight is 246 g/mol. The standard InChI is InChI=1S/C14H18N2O2/c1-9-3-4-10(2)11(7-9)12(15)8-16-13(17)5-6-14(16)18/h3-4,7,12H,5-6,8,15H2,1-2H3. The third kappa shape index (κ3) is 2.43. The number of benzene rings is 1. The van der Waals surface area contributed by atoms with Gasteiger partial charge in [0, 0.05) is 25.4 Å². The number of carbonyl (C=O) groups is 2. The first-order valence-electron chi connectivity index (χ1n) is 6.15. The van der Waals surface area contributed by atoms with Crippen molar-refractivity contribution in [1.82, 2.24) is 4.90 Å². The summed E-state index contributed by atoms with van der Waals surface area (Å²) in [5.41, 5.74) is 9.34. The third-order valence-electron chi connectivity index (χ3n) is 3.37. The quantitative estimate of drug-likeness (QED) is 0.821. The molecule has 1 aromatic carbocycles. The summed E-state index contributed by atoms with van der Waals surface area (Å²) < 4.78 is 0. The molecule has 0 aromatic heterocycles. The number of aryl methyl sites for hydroxylation is 2. The van der Waals surface area contributed by atoms with E-state index in [0.717, 1.165) is 16.7 Å². The van der Waals surface area contributed by atoms with Gasteiger partial charge in [0.2, 0.25) is 11.8 Å². The molecular weight excluding hydrogens is 228 g/mol. The van der Waals surface area contributed by atoms with Gasteiger partial charge in [0.25, 0.3) is 0 Å². The van der Waals surface area contributed by atoms with Gasteiger partial charge < -0.3 is 5.73 Å². The van der Waals surface area contributed by atoms with Crippen molar-refractivity contribution in [3.05, 3.63) is 34.9 Å². The van der Waals surface area contributed by atoms with Crippen molar-refractivity contribution in [2.75, 3.05) is 6.54 Å². The third-order valence-corrected chi connectivity index (χ3v) is 3.37. The van der Waals surface area contributed by atoms with Crippen molar-refractivity contribution in [2.24, 2.45) is 5.73 Å². The van der Waals surface area contributed by atoms with E-state index < -0.39 is 0 Å². The Morgan fingerprint density at radius 3 is 2.44 bits per heavy atom. The predicted molar refractivity (Wildman–Crippen MR) is 68.8 cm³/mol. The van der Waals surface area contributed by atoms with Crippen LogP contribution in [-0.2, 0) is 9.59 Å². The Kier molecular flexibility index (Phi) is 3.48. The molecule has 1 heterocycles. The van der Waals surface area contributed by atoms with E-state index in [2.05, 4.69) is 0 Å². The smallest absolute Gasteiger partial charge is 0.229 e. The van der Waals surface area contributed by atoms with E-state index in [1.165, 1.54) is 4.90 Å². The SMILES string of the molecule is Cc1ccc(C)c(C(N)CN2C(=O)CCC2=O)c1. The first-order chi connectivity index (χ1) is 8.49. The van der Waals surface area contributed by atoms with Crippen LogP contribution in [0.2, 0.25) is 0 Å². The second-order valence-electron chi connectivity index (χ2n) is 4.86. The molecule has 0 spiro atoms. The van der Waals surface area contributed by atoms with E-state index in [9.17, 15) is 9.59 Å². The maximum atomic E-state index is 11.6. The lowest BCUT2D eigenvalue weighted by Crippen LogP contribution is -2.36. The first-order valence-corrected chi connectivity index (χ1v) is 6.15. The van der Waals surface area contributed by atoms with Crippen LogP contribution in [0.5, 0.6) is 0 Å². The fraction of sp³-hybridized carbons (Fsp3) is 0.429. The summed E-state index contributed by atoms with van der Waals surface area (Å²) in [6, 6.07) is 5.75. The fourth-order valence-corrected chi connectivity index (χ4v) is 2.28. The molecule has 0 bridgehead atoms. The molecule has 1 aromatic rings. The largest absolute Gasteiger partial charge is 0.322 e. The average Bonchev–Trinajstić information content (AvgIpc) is 2.64. The summed E-state index contributed by atoms with van der Waals surface area (Å²) in [5.74, 6) is -0.221. The number of likely N-dealkylation sites (tertiary alicyclic amines) is 1. The minimum Gasteiger partial charge on any atom is -0.322 e. The van der Waals surface area contributed by atoms with E-state index in [4.69, 9.17) is 5.73 Å². The van der Waals surface area contributed by atoms with Crippen LogP contribution in [0.25, 0.3) is 0 Å². The van der Waals surface area contributed by atoms with Crippen LogP contribution in [0.4, 0.5) is 0 Å². The Morgan fingerprint density at radius 1 is 1.22 bits per heavy atom. The van der Waals surface area contributed by atoms with Crippen molar-refractivity contribution in [3.8, 4) is 0 Å². The zero-order valence-electron chi connectivity index (χ0n) is 10.8. The second kappa shape index (κ2) is 4.90. The van der Waals surface area contributed by atoms with Gasteiger partial charge in [0.15, 0.2) is 0 Å². The van der Waals surface area contributed by atoms with E-state index in [1.54, 1.807) is 0 Å². The van der Waals surface area contributed by atoms with Gasteiger partial charge in [0.1, 0.15) is 0 Å². The number of hydrogen-bond acceptors (Lipinski definition) is 3. The highest BCUT2D eigenvalue weighted by molar-refractivity contribution is 6.01. The summed E-state index contributed by atoms with van der Waals surface area (Å²) >= 11 is 0. The van der Waals surface area contributed by atoms with Crippen LogP contribution < -0.4 is 5.73 Å². The molecule has 4 heteroatoms. The van der Waals surface area contributed by atoms with Crippen LogP contribution >= 0.6 is 0 Å². The Labute approximate surface area is 107 Å². The lowest BCUT2D eigenvalue weighted by Gasteiger charge is -2.21. The fourth-order valence-electron chi connectivity index (χ4n) is 2.28. The highest BCUT2D eigenvalue weighted by atomic mass is 16.2. The van der Waals surface area contributed by atoms with Gasteiger partial charge in [0.05, 0.1) is 0 Å². The molecule has 2 amide bonds. The first kappa shape index (κ1) is 12.8. The molecule has 1 aliphatic rings. The van der Waals surface area contributed by atoms with Crippen molar-refractivity contribution in [3.63, 3.8) is 0 Å². The summed E-state index contributed by atoms with van der Waals surface area (Å²) in [7, 11) is 0. The molecule has 2 rings (SSSR count). The highest BCUT2D eigenvalue weighted by Gasteiger charge is 2.30. The van der Waals surface area contributed by atoms with Gasteiger partial charge in [-0.05, 0) is 25.0 Å². The molecule has 4 nitrogen and oxygen atoms in total. The summed E-state index contributed by atoms with van der Waals surface area (Å²) in [6.45, 7) is 4.27. The zero-order chi connectivity index (χ0) is 13.3. The molecule has 1 fully saturated rings. The van der Waals surface area contributed by atoms with Crippen molar-refractivity contribution in [1.29, 1.82) is 0 Å². The van der Waals surface area contributed by atoms with Crippen molar-refractivity contribution >= 4 is 11.8 Å². The molecule has 2 N–H and O–H groups in total. The maximum absolute atomic E-state index is 11.6. The Morgan fingerprint density at radius 2 is 1.83 bits per heavy atom. The number of nitrogens with two attached hydrogens (primary N) is 1. The maximum Gasteiger partial charge on any atom is 0.229 e. The Hall–Kier alpha value is -1.68. The van der Waals surface area contributed by atoms with Gasteiger partial charge in [-0.15, -0.1) is 0 Å². The predicted octanol–water partition coefficient (Wildman–Crippen LogP) is 1.45. The lowest BCUT2D eigenvalue weighted by molar-refractivity contribution is -0.138. The summed E-state index contributed by atoms with van der Waals surface area (Å²) in [5, 5.41) is 0. The normalized spacial score (nSPS) is 17.4. The molecule has 96 valence electrons. The van der Waals surface area contributed by atoms with Gasteiger partial charge in [-0.1, -0.05) is 23.8 Å². The van der Waals surface area contributed by atoms with E-state index >= 15 is 0 Å². The number of hydrogen-bond donors (Lipinski definition) is 1. The number of carbonyl (C=O) groups excluding carboxylic acids is 2. The molecule has 1 saturated heterocycles. The molecule has 18 heavy (non-hydrogen) atoms. The highest BCUT2D eigenvalue weighted by Crippen LogP contribution is 2.21. The number of imide groups is 1. The number of nitrogens with zero attached hydrogens (tertiary/aromatic N) is 1. The summed E-state index contributed by atoms with van der Waals surface area (Å²) in [6.07, 6.45) is 0.636. The lowest BCUT2D eigenvalue weighted by atomic mass is 9.99. The molecule has 1 atom stereocenters. The van der Waals surface area contributed by atoms with Crippen LogP contribution in [0.15, 0.2) is 18.2 Å². The van der Waals surface area contributed by atoms with Crippen LogP contribution in [-0.4, -0.2) is 23.3 Å². The van der Waals surface area contributed by atoms with Crippen molar-refractivity contribution < 1.29 is 9.59 Å². The van der Waals surface area contributed by atoms with Gasteiger partial charge in [-0.2, -0.15) is 0 Å². The molecular formula is C14H18N2O2. The number of amides is 2. The minimum absolute atomic E-state index is 0.110. The number of rotatable bonds is 3. The van der Waals surface area contributed by atoms with E-state index in [-0.39, 0.29) is 24.4 Å². The van der Waals surface area contributed by atoms with E-state index in [1.807, 2.05) is 32.0 Å². The van der Waals surface area contributed by atoms with E-state index in [0.29, 0.717) is 12.8 Å².